The SMILES string of the molecule is Cc1cccc(-c2ccc(C(=O)N3CCN(C(=O)c4ccc(F)c(F)c4)CC3)c(=O)[nH]2)c1. The molecule has 164 valence electrons. The summed E-state index contributed by atoms with van der Waals surface area (Å²) >= 11 is 0. The molecule has 4 rings (SSSR count). The molecule has 1 fully saturated rings. The molecule has 1 N–H and O–H groups in total. The van der Waals surface area contributed by atoms with Crippen molar-refractivity contribution in [2.75, 3.05) is 26.2 Å². The number of rotatable bonds is 3. The van der Waals surface area contributed by atoms with Gasteiger partial charge in [-0.3, -0.25) is 14.4 Å². The van der Waals surface area contributed by atoms with Crippen LogP contribution in [0.15, 0.2) is 59.4 Å². The molecule has 0 spiro atoms. The van der Waals surface area contributed by atoms with Crippen molar-refractivity contribution in [2.45, 2.75) is 6.92 Å². The fourth-order valence-electron chi connectivity index (χ4n) is 3.72. The molecule has 1 aromatic heterocycles. The van der Waals surface area contributed by atoms with Crippen LogP contribution >= 0.6 is 0 Å². The van der Waals surface area contributed by atoms with Crippen molar-refractivity contribution < 1.29 is 18.4 Å². The Labute approximate surface area is 183 Å². The molecule has 3 aromatic rings. The predicted molar refractivity (Wildman–Crippen MR) is 115 cm³/mol. The summed E-state index contributed by atoms with van der Waals surface area (Å²) < 4.78 is 26.5. The smallest absolute Gasteiger partial charge is 0.261 e. The third-order valence-corrected chi connectivity index (χ3v) is 5.49. The number of pyridine rings is 1. The Bertz CT molecular complexity index is 1250. The molecule has 32 heavy (non-hydrogen) atoms. The van der Waals surface area contributed by atoms with Crippen LogP contribution in [-0.4, -0.2) is 52.8 Å². The largest absolute Gasteiger partial charge is 0.335 e. The Morgan fingerprint density at radius 3 is 2.16 bits per heavy atom. The first kappa shape index (κ1) is 21.4. The average Bonchev–Trinajstić information content (AvgIpc) is 2.80. The molecule has 0 saturated carbocycles. The number of nitrogens with zero attached hydrogens (tertiary/aromatic N) is 2. The summed E-state index contributed by atoms with van der Waals surface area (Å²) in [5.74, 6) is -2.95. The number of aromatic nitrogens is 1. The van der Waals surface area contributed by atoms with Crippen molar-refractivity contribution in [1.82, 2.24) is 14.8 Å². The van der Waals surface area contributed by atoms with Gasteiger partial charge in [0.2, 0.25) is 0 Å². The average molecular weight is 437 g/mol. The molecule has 6 nitrogen and oxygen atoms in total. The van der Waals surface area contributed by atoms with E-state index in [1.54, 1.807) is 6.07 Å². The molecule has 2 heterocycles. The number of carbonyl (C=O) groups is 2. The standard InChI is InChI=1S/C24H21F2N3O3/c1-15-3-2-4-16(13-15)21-8-6-18(22(30)27-21)24(32)29-11-9-28(10-12-29)23(31)17-5-7-19(25)20(26)14-17/h2-8,13-14H,9-12H2,1H3,(H,27,30). The van der Waals surface area contributed by atoms with Gasteiger partial charge >= 0.3 is 0 Å². The fourth-order valence-corrected chi connectivity index (χ4v) is 3.72. The highest BCUT2D eigenvalue weighted by Crippen LogP contribution is 2.18. The normalized spacial score (nSPS) is 13.8. The summed E-state index contributed by atoms with van der Waals surface area (Å²) in [6.07, 6.45) is 0. The van der Waals surface area contributed by atoms with Crippen LogP contribution in [0.4, 0.5) is 8.78 Å². The van der Waals surface area contributed by atoms with Crippen LogP contribution in [-0.2, 0) is 0 Å². The van der Waals surface area contributed by atoms with Crippen molar-refractivity contribution in [1.29, 1.82) is 0 Å². The zero-order valence-corrected chi connectivity index (χ0v) is 17.4. The summed E-state index contributed by atoms with van der Waals surface area (Å²) in [6.45, 7) is 2.86. The molecule has 0 unspecified atom stereocenters. The number of amides is 2. The van der Waals surface area contributed by atoms with Gasteiger partial charge in [-0.05, 0) is 48.9 Å². The quantitative estimate of drug-likeness (QED) is 0.684. The molecule has 0 aliphatic carbocycles. The van der Waals surface area contributed by atoms with Crippen LogP contribution in [0.3, 0.4) is 0 Å². The molecular weight excluding hydrogens is 416 g/mol. The molecule has 1 aliphatic rings. The zero-order valence-electron chi connectivity index (χ0n) is 17.4. The molecule has 0 bridgehead atoms. The Morgan fingerprint density at radius 2 is 1.53 bits per heavy atom. The summed E-state index contributed by atoms with van der Waals surface area (Å²) in [7, 11) is 0. The Kier molecular flexibility index (Phi) is 5.85. The highest BCUT2D eigenvalue weighted by Gasteiger charge is 2.27. The maximum atomic E-state index is 13.4. The highest BCUT2D eigenvalue weighted by atomic mass is 19.2. The zero-order chi connectivity index (χ0) is 22.8. The van der Waals surface area contributed by atoms with Gasteiger partial charge in [-0.15, -0.1) is 0 Å². The first-order chi connectivity index (χ1) is 15.3. The van der Waals surface area contributed by atoms with Crippen molar-refractivity contribution in [2.24, 2.45) is 0 Å². The van der Waals surface area contributed by atoms with E-state index in [0.717, 1.165) is 23.3 Å². The van der Waals surface area contributed by atoms with Crippen molar-refractivity contribution >= 4 is 11.8 Å². The van der Waals surface area contributed by atoms with E-state index < -0.39 is 29.0 Å². The number of halogens is 2. The van der Waals surface area contributed by atoms with Gasteiger partial charge in [0.05, 0.1) is 0 Å². The van der Waals surface area contributed by atoms with Gasteiger partial charge in [-0.25, -0.2) is 8.78 Å². The minimum atomic E-state index is -1.09. The van der Waals surface area contributed by atoms with Crippen LogP contribution in [0.2, 0.25) is 0 Å². The molecule has 8 heteroatoms. The fraction of sp³-hybridized carbons (Fsp3) is 0.208. The second-order valence-corrected chi connectivity index (χ2v) is 7.70. The lowest BCUT2D eigenvalue weighted by Gasteiger charge is -2.34. The number of H-pyrrole nitrogens is 1. The van der Waals surface area contributed by atoms with E-state index in [9.17, 15) is 23.2 Å². The molecule has 2 aromatic carbocycles. The van der Waals surface area contributed by atoms with Crippen molar-refractivity contribution in [3.8, 4) is 11.3 Å². The van der Waals surface area contributed by atoms with Gasteiger partial charge < -0.3 is 14.8 Å². The van der Waals surface area contributed by atoms with E-state index in [4.69, 9.17) is 0 Å². The van der Waals surface area contributed by atoms with Gasteiger partial charge in [0.25, 0.3) is 17.4 Å². The third-order valence-electron chi connectivity index (χ3n) is 5.49. The van der Waals surface area contributed by atoms with Crippen LogP contribution in [0, 0.1) is 18.6 Å². The van der Waals surface area contributed by atoms with Gasteiger partial charge in [-0.2, -0.15) is 0 Å². The number of carbonyl (C=O) groups excluding carboxylic acids is 2. The number of hydrogen-bond donors (Lipinski definition) is 1. The van der Waals surface area contributed by atoms with E-state index >= 15 is 0 Å². The molecular formula is C24H21F2N3O3. The number of benzene rings is 2. The van der Waals surface area contributed by atoms with E-state index in [2.05, 4.69) is 4.98 Å². The number of aromatic amines is 1. The lowest BCUT2D eigenvalue weighted by molar-refractivity contribution is 0.0534. The lowest BCUT2D eigenvalue weighted by atomic mass is 10.1. The Hall–Kier alpha value is -3.81. The van der Waals surface area contributed by atoms with Gasteiger partial charge in [0.1, 0.15) is 5.56 Å². The molecule has 0 radical (unpaired) electrons. The topological polar surface area (TPSA) is 73.5 Å². The second kappa shape index (κ2) is 8.74. The number of hydrogen-bond acceptors (Lipinski definition) is 3. The minimum absolute atomic E-state index is 0.0294. The second-order valence-electron chi connectivity index (χ2n) is 7.70. The van der Waals surface area contributed by atoms with E-state index in [1.165, 1.54) is 21.9 Å². The molecule has 1 saturated heterocycles. The Morgan fingerprint density at radius 1 is 0.844 bits per heavy atom. The maximum Gasteiger partial charge on any atom is 0.261 e. The molecule has 0 atom stereocenters. The van der Waals surface area contributed by atoms with Crippen LogP contribution in [0.1, 0.15) is 26.3 Å². The molecule has 2 amide bonds. The van der Waals surface area contributed by atoms with Gasteiger partial charge in [0, 0.05) is 37.4 Å². The Balaban J connectivity index is 1.43. The number of nitrogens with one attached hydrogen (secondary N) is 1. The van der Waals surface area contributed by atoms with Crippen molar-refractivity contribution in [3.05, 3.63) is 93.3 Å². The van der Waals surface area contributed by atoms with Crippen molar-refractivity contribution in [3.63, 3.8) is 0 Å². The van der Waals surface area contributed by atoms with Crippen LogP contribution in [0.5, 0.6) is 0 Å². The van der Waals surface area contributed by atoms with E-state index in [1.807, 2.05) is 31.2 Å². The minimum Gasteiger partial charge on any atom is -0.335 e. The first-order valence-corrected chi connectivity index (χ1v) is 10.2. The molecule has 1 aliphatic heterocycles. The van der Waals surface area contributed by atoms with Crippen LogP contribution < -0.4 is 5.56 Å². The summed E-state index contributed by atoms with van der Waals surface area (Å²) in [5, 5.41) is 0. The van der Waals surface area contributed by atoms with E-state index in [0.29, 0.717) is 5.69 Å². The monoisotopic (exact) mass is 437 g/mol. The first-order valence-electron chi connectivity index (χ1n) is 10.2. The van der Waals surface area contributed by atoms with E-state index in [-0.39, 0.29) is 37.3 Å². The summed E-state index contributed by atoms with van der Waals surface area (Å²) in [6, 6.07) is 13.9. The number of aryl methyl sites for hydroxylation is 1. The lowest BCUT2D eigenvalue weighted by Crippen LogP contribution is -2.51. The van der Waals surface area contributed by atoms with Gasteiger partial charge in [0.15, 0.2) is 11.6 Å². The maximum absolute atomic E-state index is 13.4. The van der Waals surface area contributed by atoms with Gasteiger partial charge in [-0.1, -0.05) is 23.8 Å². The van der Waals surface area contributed by atoms with Crippen LogP contribution in [0.25, 0.3) is 11.3 Å². The number of piperazine rings is 1. The predicted octanol–water partition coefficient (Wildman–Crippen LogP) is 3.23. The summed E-state index contributed by atoms with van der Waals surface area (Å²) in [4.78, 5) is 43.7. The highest BCUT2D eigenvalue weighted by molar-refractivity contribution is 5.96. The third kappa shape index (κ3) is 4.30. The summed E-state index contributed by atoms with van der Waals surface area (Å²) in [5.41, 5.74) is 2.13.